The molecule has 0 saturated carbocycles. The van der Waals surface area contributed by atoms with Gasteiger partial charge in [0.1, 0.15) is 0 Å². The van der Waals surface area contributed by atoms with Crippen molar-refractivity contribution in [2.75, 3.05) is 18.8 Å². The first-order chi connectivity index (χ1) is 5.77. The molecule has 62 valence electrons. The summed E-state index contributed by atoms with van der Waals surface area (Å²) in [6.07, 6.45) is 0. The molecular formula is C6H7N5O. The topological polar surface area (TPSA) is 96.5 Å². The number of nitrogens with one attached hydrogen (secondary N) is 1. The largest absolute Gasteiger partial charge is 0.369 e. The van der Waals surface area contributed by atoms with Crippen LogP contribution in [0.3, 0.4) is 0 Å². The van der Waals surface area contributed by atoms with E-state index >= 15 is 0 Å². The third kappa shape index (κ3) is 0.969. The highest BCUT2D eigenvalue weighted by Gasteiger charge is 2.01. The standard InChI is InChI=1S/C6H7N5O/c7-6-10-4-3(5(12)11-6)8-1-2-9-4/h1-2H2,(H3,7,9,10,11,12). The van der Waals surface area contributed by atoms with Crippen LogP contribution in [0.15, 0.2) is 14.8 Å². The molecule has 1 aliphatic heterocycles. The van der Waals surface area contributed by atoms with E-state index in [2.05, 4.69) is 20.0 Å². The van der Waals surface area contributed by atoms with Crippen LogP contribution in [0.4, 0.5) is 5.95 Å². The highest BCUT2D eigenvalue weighted by molar-refractivity contribution is 5.11. The van der Waals surface area contributed by atoms with Gasteiger partial charge in [0.2, 0.25) is 5.95 Å². The average Bonchev–Trinajstić information content (AvgIpc) is 2.04. The lowest BCUT2D eigenvalue weighted by Crippen LogP contribution is -2.46. The summed E-state index contributed by atoms with van der Waals surface area (Å²) in [5.74, 6) is 0.0830. The smallest absolute Gasteiger partial charge is 0.302 e. The summed E-state index contributed by atoms with van der Waals surface area (Å²) < 4.78 is 0. The summed E-state index contributed by atoms with van der Waals surface area (Å²) in [4.78, 5) is 25.3. The van der Waals surface area contributed by atoms with E-state index in [0.717, 1.165) is 0 Å². The Morgan fingerprint density at radius 2 is 2.08 bits per heavy atom. The maximum Gasteiger partial charge on any atom is 0.302 e. The van der Waals surface area contributed by atoms with Crippen LogP contribution in [0, 0.1) is 0 Å². The fraction of sp³-hybridized carbons (Fsp3) is 0.333. The molecule has 0 unspecified atom stereocenters. The minimum atomic E-state index is -0.412. The molecule has 1 aromatic rings. The van der Waals surface area contributed by atoms with Crippen LogP contribution in [-0.2, 0) is 0 Å². The van der Waals surface area contributed by atoms with Crippen molar-refractivity contribution in [1.82, 2.24) is 9.97 Å². The third-order valence-electron chi connectivity index (χ3n) is 1.54. The van der Waals surface area contributed by atoms with Gasteiger partial charge in [-0.2, -0.15) is 4.98 Å². The number of nitrogens with two attached hydrogens (primary N) is 1. The van der Waals surface area contributed by atoms with Gasteiger partial charge in [-0.3, -0.25) is 14.8 Å². The Hall–Kier alpha value is -1.72. The molecule has 3 N–H and O–H groups in total. The van der Waals surface area contributed by atoms with Crippen LogP contribution in [0.25, 0.3) is 0 Å². The molecule has 0 atom stereocenters. The zero-order valence-electron chi connectivity index (χ0n) is 6.24. The summed E-state index contributed by atoms with van der Waals surface area (Å²) in [7, 11) is 0. The molecule has 12 heavy (non-hydrogen) atoms. The molecule has 0 aromatic carbocycles. The molecule has 0 amide bonds. The normalized spacial score (nSPS) is 14.3. The Kier molecular flexibility index (Phi) is 1.39. The van der Waals surface area contributed by atoms with Gasteiger partial charge in [-0.25, -0.2) is 0 Å². The van der Waals surface area contributed by atoms with Gasteiger partial charge in [0.25, 0.3) is 0 Å². The number of aromatic nitrogens is 2. The summed E-state index contributed by atoms with van der Waals surface area (Å²) in [6.45, 7) is 1.13. The van der Waals surface area contributed by atoms with E-state index in [9.17, 15) is 4.79 Å². The van der Waals surface area contributed by atoms with Gasteiger partial charge in [0, 0.05) is 0 Å². The number of anilines is 1. The molecule has 0 spiro atoms. The van der Waals surface area contributed by atoms with Crippen LogP contribution in [0.2, 0.25) is 0 Å². The summed E-state index contributed by atoms with van der Waals surface area (Å²) in [5, 5.41) is 0.287. The molecule has 0 bridgehead atoms. The molecule has 0 radical (unpaired) electrons. The fourth-order valence-electron chi connectivity index (χ4n) is 1.05. The monoisotopic (exact) mass is 165 g/mol. The predicted octanol–water partition coefficient (Wildman–Crippen LogP) is -2.40. The van der Waals surface area contributed by atoms with Crippen molar-refractivity contribution in [3.8, 4) is 0 Å². The van der Waals surface area contributed by atoms with Crippen LogP contribution < -0.4 is 22.1 Å². The third-order valence-corrected chi connectivity index (χ3v) is 1.54. The van der Waals surface area contributed by atoms with Gasteiger partial charge >= 0.3 is 5.56 Å². The Bertz CT molecular complexity index is 474. The number of rotatable bonds is 0. The van der Waals surface area contributed by atoms with Gasteiger partial charge in [0.15, 0.2) is 10.8 Å². The van der Waals surface area contributed by atoms with Crippen LogP contribution >= 0.6 is 0 Å². The van der Waals surface area contributed by atoms with E-state index in [1.54, 1.807) is 0 Å². The second-order valence-corrected chi connectivity index (χ2v) is 2.39. The second kappa shape index (κ2) is 2.40. The molecule has 6 nitrogen and oxygen atoms in total. The number of nitrogen functional groups attached to an aromatic ring is 1. The van der Waals surface area contributed by atoms with Crippen molar-refractivity contribution in [2.24, 2.45) is 9.98 Å². The highest BCUT2D eigenvalue weighted by atomic mass is 16.1. The van der Waals surface area contributed by atoms with E-state index in [0.29, 0.717) is 18.6 Å². The van der Waals surface area contributed by atoms with Crippen molar-refractivity contribution >= 4 is 5.95 Å². The van der Waals surface area contributed by atoms with E-state index in [1.165, 1.54) is 0 Å². The molecule has 0 saturated heterocycles. The minimum absolute atomic E-state index is 0.0830. The van der Waals surface area contributed by atoms with Gasteiger partial charge in [-0.05, 0) is 0 Å². The maximum atomic E-state index is 11.1. The Morgan fingerprint density at radius 3 is 2.92 bits per heavy atom. The number of nitrogens with zero attached hydrogens (tertiary/aromatic N) is 3. The Labute approximate surface area is 66.9 Å². The van der Waals surface area contributed by atoms with Crippen molar-refractivity contribution in [3.05, 3.63) is 21.2 Å². The van der Waals surface area contributed by atoms with Crippen LogP contribution in [0.5, 0.6) is 0 Å². The number of fused-ring (bicyclic) bond motifs is 1. The second-order valence-electron chi connectivity index (χ2n) is 2.39. The number of hydrogen-bond acceptors (Lipinski definition) is 5. The number of aromatic amines is 1. The molecule has 1 aromatic heterocycles. The van der Waals surface area contributed by atoms with Crippen molar-refractivity contribution < 1.29 is 0 Å². The molecule has 0 aliphatic carbocycles. The lowest BCUT2D eigenvalue weighted by atomic mass is 10.5. The molecule has 2 heterocycles. The summed E-state index contributed by atoms with van der Waals surface area (Å²) >= 11 is 0. The van der Waals surface area contributed by atoms with Crippen molar-refractivity contribution in [2.45, 2.75) is 0 Å². The predicted molar refractivity (Wildman–Crippen MR) is 41.3 cm³/mol. The van der Waals surface area contributed by atoms with Gasteiger partial charge < -0.3 is 10.7 Å². The lowest BCUT2D eigenvalue weighted by molar-refractivity contribution is 0.813. The van der Waals surface area contributed by atoms with Crippen molar-refractivity contribution in [1.29, 1.82) is 0 Å². The zero-order valence-corrected chi connectivity index (χ0v) is 6.24. The molecule has 0 fully saturated rings. The minimum Gasteiger partial charge on any atom is -0.369 e. The first-order valence-electron chi connectivity index (χ1n) is 3.52. The lowest BCUT2D eigenvalue weighted by Gasteiger charge is -1.98. The van der Waals surface area contributed by atoms with E-state index < -0.39 is 5.56 Å². The van der Waals surface area contributed by atoms with E-state index in [1.807, 2.05) is 0 Å². The van der Waals surface area contributed by atoms with Gasteiger partial charge in [-0.1, -0.05) is 0 Å². The first-order valence-corrected chi connectivity index (χ1v) is 3.52. The first kappa shape index (κ1) is 6.96. The summed E-state index contributed by atoms with van der Waals surface area (Å²) in [6, 6.07) is 0. The fourth-order valence-corrected chi connectivity index (χ4v) is 1.05. The van der Waals surface area contributed by atoms with Crippen LogP contribution in [-0.4, -0.2) is 23.1 Å². The van der Waals surface area contributed by atoms with Crippen molar-refractivity contribution in [3.63, 3.8) is 0 Å². The molecule has 1 aliphatic rings. The molecule has 2 rings (SSSR count). The Morgan fingerprint density at radius 1 is 1.33 bits per heavy atom. The quantitative estimate of drug-likeness (QED) is 0.448. The Balaban J connectivity index is 2.97. The van der Waals surface area contributed by atoms with Gasteiger partial charge in [0.05, 0.1) is 13.1 Å². The maximum absolute atomic E-state index is 11.1. The molecule has 6 heteroatoms. The zero-order chi connectivity index (χ0) is 8.55. The average molecular weight is 165 g/mol. The SMILES string of the molecule is Nc1nc(=O)c2c([nH]1)=NCCN=2. The van der Waals surface area contributed by atoms with Gasteiger partial charge in [-0.15, -0.1) is 0 Å². The van der Waals surface area contributed by atoms with E-state index in [-0.39, 0.29) is 11.3 Å². The van der Waals surface area contributed by atoms with E-state index in [4.69, 9.17) is 5.73 Å². The number of hydrogen-bond donors (Lipinski definition) is 2. The summed E-state index contributed by atoms with van der Waals surface area (Å²) in [5.41, 5.74) is 5.35. The number of H-pyrrole nitrogens is 1. The van der Waals surface area contributed by atoms with Crippen LogP contribution in [0.1, 0.15) is 0 Å². The highest BCUT2D eigenvalue weighted by Crippen LogP contribution is 1.76. The molecular weight excluding hydrogens is 158 g/mol.